The van der Waals surface area contributed by atoms with Crippen LogP contribution in [0, 0.1) is 0 Å². The molecular weight excluding hydrogens is 149 g/mol. The Morgan fingerprint density at radius 1 is 1.91 bits per heavy atom. The molecule has 0 aromatic carbocycles. The Kier molecular flexibility index (Phi) is 1.52. The van der Waals surface area contributed by atoms with Gasteiger partial charge in [-0.25, -0.2) is 9.18 Å². The molecule has 1 fully saturated rings. The SMILES string of the molecule is C=CC1(F)CC1(N)C(=O)OC. The van der Waals surface area contributed by atoms with Crippen LogP contribution in [0.4, 0.5) is 4.39 Å². The molecule has 0 aromatic heterocycles. The lowest BCUT2D eigenvalue weighted by Gasteiger charge is -2.08. The van der Waals surface area contributed by atoms with Crippen molar-refractivity contribution in [2.75, 3.05) is 7.11 Å². The van der Waals surface area contributed by atoms with Gasteiger partial charge >= 0.3 is 5.97 Å². The van der Waals surface area contributed by atoms with E-state index in [-0.39, 0.29) is 6.42 Å². The highest BCUT2D eigenvalue weighted by Gasteiger charge is 2.71. The standard InChI is InChI=1S/C7H10FNO2/c1-3-6(8)4-7(6,9)5(10)11-2/h3H,1,4,9H2,2H3. The molecule has 2 N–H and O–H groups in total. The lowest BCUT2D eigenvalue weighted by Crippen LogP contribution is -2.40. The third-order valence-electron chi connectivity index (χ3n) is 2.03. The molecule has 2 unspecified atom stereocenters. The van der Waals surface area contributed by atoms with Crippen molar-refractivity contribution in [3.63, 3.8) is 0 Å². The van der Waals surface area contributed by atoms with E-state index in [1.807, 2.05) is 0 Å². The number of nitrogens with two attached hydrogens (primary N) is 1. The summed E-state index contributed by atoms with van der Waals surface area (Å²) in [7, 11) is 1.18. The molecule has 62 valence electrons. The number of halogens is 1. The molecule has 1 rings (SSSR count). The highest BCUT2D eigenvalue weighted by Crippen LogP contribution is 2.50. The van der Waals surface area contributed by atoms with Crippen molar-refractivity contribution >= 4 is 5.97 Å². The Bertz CT molecular complexity index is 218. The van der Waals surface area contributed by atoms with Gasteiger partial charge < -0.3 is 10.5 Å². The zero-order chi connectivity index (χ0) is 8.70. The number of carbonyl (C=O) groups excluding carboxylic acids is 1. The molecular formula is C7H10FNO2. The van der Waals surface area contributed by atoms with E-state index in [0.717, 1.165) is 6.08 Å². The fraction of sp³-hybridized carbons (Fsp3) is 0.571. The summed E-state index contributed by atoms with van der Waals surface area (Å²) in [6, 6.07) is 0. The number of esters is 1. The zero-order valence-electron chi connectivity index (χ0n) is 6.26. The molecule has 0 aromatic rings. The van der Waals surface area contributed by atoms with Gasteiger partial charge in [0.05, 0.1) is 7.11 Å². The van der Waals surface area contributed by atoms with E-state index in [0.29, 0.717) is 0 Å². The van der Waals surface area contributed by atoms with Crippen molar-refractivity contribution in [3.8, 4) is 0 Å². The van der Waals surface area contributed by atoms with Crippen molar-refractivity contribution < 1.29 is 13.9 Å². The van der Waals surface area contributed by atoms with Crippen molar-refractivity contribution in [2.24, 2.45) is 5.73 Å². The number of ether oxygens (including phenoxy) is 1. The summed E-state index contributed by atoms with van der Waals surface area (Å²) in [5, 5.41) is 0. The largest absolute Gasteiger partial charge is 0.468 e. The summed E-state index contributed by atoms with van der Waals surface area (Å²) < 4.78 is 17.5. The predicted molar refractivity (Wildman–Crippen MR) is 37.6 cm³/mol. The van der Waals surface area contributed by atoms with Crippen molar-refractivity contribution in [3.05, 3.63) is 12.7 Å². The molecule has 1 saturated carbocycles. The van der Waals surface area contributed by atoms with Crippen LogP contribution in [0.3, 0.4) is 0 Å². The van der Waals surface area contributed by atoms with Gasteiger partial charge in [0.2, 0.25) is 0 Å². The molecule has 2 atom stereocenters. The molecule has 0 spiro atoms. The lowest BCUT2D eigenvalue weighted by atomic mass is 10.2. The van der Waals surface area contributed by atoms with Gasteiger partial charge in [-0.15, -0.1) is 0 Å². The summed E-state index contributed by atoms with van der Waals surface area (Å²) >= 11 is 0. The highest BCUT2D eigenvalue weighted by molar-refractivity contribution is 5.88. The summed E-state index contributed by atoms with van der Waals surface area (Å²) in [5.41, 5.74) is 2.12. The van der Waals surface area contributed by atoms with Gasteiger partial charge in [-0.1, -0.05) is 12.7 Å². The lowest BCUT2D eigenvalue weighted by molar-refractivity contribution is -0.144. The third kappa shape index (κ3) is 0.860. The number of carbonyl (C=O) groups is 1. The van der Waals surface area contributed by atoms with Crippen molar-refractivity contribution in [2.45, 2.75) is 17.6 Å². The fourth-order valence-corrected chi connectivity index (χ4v) is 1.04. The van der Waals surface area contributed by atoms with Gasteiger partial charge in [0, 0.05) is 6.42 Å². The molecule has 3 nitrogen and oxygen atoms in total. The van der Waals surface area contributed by atoms with Gasteiger partial charge in [-0.2, -0.15) is 0 Å². The third-order valence-corrected chi connectivity index (χ3v) is 2.03. The van der Waals surface area contributed by atoms with Crippen LogP contribution in [-0.2, 0) is 9.53 Å². The van der Waals surface area contributed by atoms with Crippen LogP contribution in [0.5, 0.6) is 0 Å². The second-order valence-electron chi connectivity index (χ2n) is 2.71. The maximum absolute atomic E-state index is 13.2. The van der Waals surface area contributed by atoms with Gasteiger partial charge in [-0.05, 0) is 0 Å². The number of rotatable bonds is 2. The van der Waals surface area contributed by atoms with E-state index in [2.05, 4.69) is 11.3 Å². The van der Waals surface area contributed by atoms with Gasteiger partial charge in [0.1, 0.15) is 0 Å². The van der Waals surface area contributed by atoms with E-state index < -0.39 is 17.2 Å². The monoisotopic (exact) mass is 159 g/mol. The molecule has 0 bridgehead atoms. The summed E-state index contributed by atoms with van der Waals surface area (Å²) in [4.78, 5) is 10.8. The minimum Gasteiger partial charge on any atom is -0.468 e. The number of hydrogen-bond donors (Lipinski definition) is 1. The second kappa shape index (κ2) is 2.04. The van der Waals surface area contributed by atoms with Crippen LogP contribution < -0.4 is 5.73 Å². The minimum atomic E-state index is -1.76. The van der Waals surface area contributed by atoms with E-state index >= 15 is 0 Å². The van der Waals surface area contributed by atoms with Crippen LogP contribution >= 0.6 is 0 Å². The highest BCUT2D eigenvalue weighted by atomic mass is 19.1. The maximum Gasteiger partial charge on any atom is 0.329 e. The van der Waals surface area contributed by atoms with E-state index in [1.165, 1.54) is 7.11 Å². The molecule has 1 aliphatic rings. The van der Waals surface area contributed by atoms with E-state index in [4.69, 9.17) is 5.73 Å². The Hall–Kier alpha value is -0.900. The molecule has 1 aliphatic carbocycles. The molecule has 0 aliphatic heterocycles. The number of alkyl halides is 1. The Morgan fingerprint density at radius 2 is 2.45 bits per heavy atom. The minimum absolute atomic E-state index is 0.0316. The average molecular weight is 159 g/mol. The molecule has 0 heterocycles. The van der Waals surface area contributed by atoms with Crippen LogP contribution in [-0.4, -0.2) is 24.3 Å². The van der Waals surface area contributed by atoms with Crippen LogP contribution in [0.25, 0.3) is 0 Å². The first kappa shape index (κ1) is 8.20. The maximum atomic E-state index is 13.2. The normalized spacial score (nSPS) is 41.4. The van der Waals surface area contributed by atoms with Crippen molar-refractivity contribution in [1.82, 2.24) is 0 Å². The van der Waals surface area contributed by atoms with Crippen LogP contribution in [0.1, 0.15) is 6.42 Å². The molecule has 4 heteroatoms. The van der Waals surface area contributed by atoms with Crippen LogP contribution in [0.2, 0.25) is 0 Å². The van der Waals surface area contributed by atoms with Gasteiger partial charge in [0.25, 0.3) is 0 Å². The summed E-state index contributed by atoms with van der Waals surface area (Å²) in [6.45, 7) is 3.24. The first-order valence-corrected chi connectivity index (χ1v) is 3.20. The first-order valence-electron chi connectivity index (χ1n) is 3.20. The summed E-state index contributed by atoms with van der Waals surface area (Å²) in [5.74, 6) is -0.722. The van der Waals surface area contributed by atoms with E-state index in [9.17, 15) is 9.18 Å². The smallest absolute Gasteiger partial charge is 0.329 e. The Labute approximate surface area is 64.0 Å². The first-order chi connectivity index (χ1) is 5.00. The predicted octanol–water partition coefficient (Wildman–Crippen LogP) is 0.155. The topological polar surface area (TPSA) is 52.3 Å². The Balaban J connectivity index is 2.76. The van der Waals surface area contributed by atoms with E-state index in [1.54, 1.807) is 0 Å². The fourth-order valence-electron chi connectivity index (χ4n) is 1.04. The van der Waals surface area contributed by atoms with Crippen molar-refractivity contribution in [1.29, 1.82) is 0 Å². The second-order valence-corrected chi connectivity index (χ2v) is 2.71. The van der Waals surface area contributed by atoms with Gasteiger partial charge in [-0.3, -0.25) is 0 Å². The quantitative estimate of drug-likeness (QED) is 0.461. The van der Waals surface area contributed by atoms with Crippen LogP contribution in [0.15, 0.2) is 12.7 Å². The number of hydrogen-bond acceptors (Lipinski definition) is 3. The molecule has 0 radical (unpaired) electrons. The molecule has 11 heavy (non-hydrogen) atoms. The summed E-state index contributed by atoms with van der Waals surface area (Å²) in [6.07, 6.45) is 1.01. The Morgan fingerprint density at radius 3 is 2.73 bits per heavy atom. The van der Waals surface area contributed by atoms with Gasteiger partial charge in [0.15, 0.2) is 11.2 Å². The molecule has 0 saturated heterocycles. The number of methoxy groups -OCH3 is 1. The molecule has 0 amide bonds. The zero-order valence-corrected chi connectivity index (χ0v) is 6.26. The average Bonchev–Trinajstić information content (AvgIpc) is 2.56.